The number of rotatable bonds is 2. The van der Waals surface area contributed by atoms with Crippen LogP contribution in [0.25, 0.3) is 0 Å². The van der Waals surface area contributed by atoms with Crippen molar-refractivity contribution in [3.8, 4) is 5.75 Å². The molecule has 0 atom stereocenters. The molecule has 1 aromatic heterocycles. The monoisotopic (exact) mass is 321 g/mol. The van der Waals surface area contributed by atoms with Crippen molar-refractivity contribution in [3.05, 3.63) is 46.2 Å². The number of hydrogen-bond acceptors (Lipinski definition) is 4. The van der Waals surface area contributed by atoms with Gasteiger partial charge in [0.05, 0.1) is 23.1 Å². The van der Waals surface area contributed by atoms with E-state index >= 15 is 0 Å². The highest BCUT2D eigenvalue weighted by Crippen LogP contribution is 2.28. The molecular formula is C13H12BrN3O2. The van der Waals surface area contributed by atoms with Gasteiger partial charge in [0.25, 0.3) is 5.91 Å². The van der Waals surface area contributed by atoms with Gasteiger partial charge in [0.15, 0.2) is 0 Å². The number of pyridine rings is 1. The van der Waals surface area contributed by atoms with Gasteiger partial charge in [-0.05, 0) is 30.7 Å². The Balaban J connectivity index is 2.32. The highest BCUT2D eigenvalue weighted by molar-refractivity contribution is 9.10. The van der Waals surface area contributed by atoms with Crippen LogP contribution >= 0.6 is 15.9 Å². The van der Waals surface area contributed by atoms with Gasteiger partial charge in [0.2, 0.25) is 0 Å². The predicted octanol–water partition coefficient (Wildman–Crippen LogP) is 2.69. The number of amides is 1. The van der Waals surface area contributed by atoms with Gasteiger partial charge in [-0.3, -0.25) is 9.78 Å². The first-order chi connectivity index (χ1) is 8.99. The molecule has 4 N–H and O–H groups in total. The maximum Gasteiger partial charge on any atom is 0.259 e. The number of halogens is 1. The van der Waals surface area contributed by atoms with Crippen molar-refractivity contribution in [1.82, 2.24) is 4.98 Å². The van der Waals surface area contributed by atoms with Crippen LogP contribution < -0.4 is 11.1 Å². The largest absolute Gasteiger partial charge is 0.505 e. The summed E-state index contributed by atoms with van der Waals surface area (Å²) in [5.74, 6) is -0.606. The molecule has 0 saturated carbocycles. The topological polar surface area (TPSA) is 88.2 Å². The number of nitrogens with two attached hydrogens (primary N) is 1. The fourth-order valence-corrected chi connectivity index (χ4v) is 2.29. The van der Waals surface area contributed by atoms with Crippen molar-refractivity contribution in [2.45, 2.75) is 6.92 Å². The molecule has 0 saturated heterocycles. The smallest absolute Gasteiger partial charge is 0.259 e. The number of hydrogen-bond donors (Lipinski definition) is 3. The maximum atomic E-state index is 12.1. The van der Waals surface area contributed by atoms with E-state index in [1.165, 1.54) is 18.5 Å². The molecule has 0 bridgehead atoms. The first-order valence-electron chi connectivity index (χ1n) is 5.49. The average molecular weight is 322 g/mol. The van der Waals surface area contributed by atoms with Crippen LogP contribution in [-0.2, 0) is 0 Å². The lowest BCUT2D eigenvalue weighted by atomic mass is 10.1. The van der Waals surface area contributed by atoms with E-state index in [2.05, 4.69) is 26.2 Å². The van der Waals surface area contributed by atoms with Gasteiger partial charge in [0, 0.05) is 10.7 Å². The zero-order chi connectivity index (χ0) is 14.0. The van der Waals surface area contributed by atoms with Crippen molar-refractivity contribution in [3.63, 3.8) is 0 Å². The summed E-state index contributed by atoms with van der Waals surface area (Å²) in [6.45, 7) is 1.84. The molecule has 2 aromatic rings. The lowest BCUT2D eigenvalue weighted by Crippen LogP contribution is -2.14. The Hall–Kier alpha value is -2.08. The number of aromatic hydroxyl groups is 1. The minimum absolute atomic E-state index is 0.150. The first-order valence-corrected chi connectivity index (χ1v) is 6.28. The fourth-order valence-electron chi connectivity index (χ4n) is 1.70. The molecule has 0 fully saturated rings. The Bertz CT molecular complexity index is 621. The number of nitrogens with one attached hydrogen (secondary N) is 1. The van der Waals surface area contributed by atoms with Crippen LogP contribution in [0.3, 0.4) is 0 Å². The molecule has 1 aromatic carbocycles. The number of aryl methyl sites for hydroxylation is 1. The Morgan fingerprint density at radius 3 is 2.84 bits per heavy atom. The lowest BCUT2D eigenvalue weighted by Gasteiger charge is -2.12. The van der Waals surface area contributed by atoms with E-state index in [1.807, 2.05) is 13.0 Å². The number of nitrogens with zero attached hydrogens (tertiary/aromatic N) is 1. The van der Waals surface area contributed by atoms with E-state index in [4.69, 9.17) is 5.73 Å². The second-order valence-corrected chi connectivity index (χ2v) is 4.95. The van der Waals surface area contributed by atoms with Crippen LogP contribution in [0.1, 0.15) is 15.9 Å². The summed E-state index contributed by atoms with van der Waals surface area (Å²) in [4.78, 5) is 15.8. The second kappa shape index (κ2) is 5.27. The van der Waals surface area contributed by atoms with Gasteiger partial charge in [-0.2, -0.15) is 0 Å². The number of aromatic nitrogens is 1. The SMILES string of the molecule is Cc1cc(Br)cc(N)c1NC(=O)c1ccncc1O. The molecule has 1 amide bonds. The highest BCUT2D eigenvalue weighted by atomic mass is 79.9. The van der Waals surface area contributed by atoms with Crippen LogP contribution in [-0.4, -0.2) is 16.0 Å². The molecular weight excluding hydrogens is 310 g/mol. The van der Waals surface area contributed by atoms with Gasteiger partial charge in [0.1, 0.15) is 5.75 Å². The lowest BCUT2D eigenvalue weighted by molar-refractivity contribution is 0.102. The van der Waals surface area contributed by atoms with Gasteiger partial charge < -0.3 is 16.2 Å². The van der Waals surface area contributed by atoms with Crippen LogP contribution in [0.4, 0.5) is 11.4 Å². The molecule has 0 unspecified atom stereocenters. The van der Waals surface area contributed by atoms with E-state index in [0.29, 0.717) is 11.4 Å². The molecule has 0 spiro atoms. The second-order valence-electron chi connectivity index (χ2n) is 4.03. The summed E-state index contributed by atoms with van der Waals surface area (Å²) in [6, 6.07) is 4.99. The third-order valence-electron chi connectivity index (χ3n) is 2.61. The van der Waals surface area contributed by atoms with Gasteiger partial charge in [-0.25, -0.2) is 0 Å². The fraction of sp³-hybridized carbons (Fsp3) is 0.0769. The summed E-state index contributed by atoms with van der Waals surface area (Å²) in [6.07, 6.45) is 2.65. The Morgan fingerprint density at radius 1 is 1.47 bits per heavy atom. The number of anilines is 2. The standard InChI is InChI=1S/C13H12BrN3O2/c1-7-4-8(14)5-10(15)12(7)17-13(19)9-2-3-16-6-11(9)18/h2-6,18H,15H2,1H3,(H,17,19). The van der Waals surface area contributed by atoms with Crippen molar-refractivity contribution in [2.75, 3.05) is 11.1 Å². The van der Waals surface area contributed by atoms with Crippen molar-refractivity contribution in [1.29, 1.82) is 0 Å². The molecule has 0 aliphatic rings. The quantitative estimate of drug-likeness (QED) is 0.742. The van der Waals surface area contributed by atoms with E-state index < -0.39 is 5.91 Å². The van der Waals surface area contributed by atoms with E-state index in [0.717, 1.165) is 10.0 Å². The summed E-state index contributed by atoms with van der Waals surface area (Å²) < 4.78 is 0.840. The summed E-state index contributed by atoms with van der Waals surface area (Å²) in [5.41, 5.74) is 7.83. The molecule has 0 radical (unpaired) electrons. The zero-order valence-electron chi connectivity index (χ0n) is 10.1. The van der Waals surface area contributed by atoms with Gasteiger partial charge >= 0.3 is 0 Å². The summed E-state index contributed by atoms with van der Waals surface area (Å²) >= 11 is 3.33. The summed E-state index contributed by atoms with van der Waals surface area (Å²) in [7, 11) is 0. The molecule has 1 heterocycles. The first kappa shape index (κ1) is 13.4. The highest BCUT2D eigenvalue weighted by Gasteiger charge is 2.14. The number of nitrogen functional groups attached to an aromatic ring is 1. The molecule has 2 rings (SSSR count). The molecule has 98 valence electrons. The molecule has 19 heavy (non-hydrogen) atoms. The summed E-state index contributed by atoms with van der Waals surface area (Å²) in [5, 5.41) is 12.3. The Labute approximate surface area is 118 Å². The van der Waals surface area contributed by atoms with Crippen LogP contribution in [0.2, 0.25) is 0 Å². The van der Waals surface area contributed by atoms with E-state index in [9.17, 15) is 9.90 Å². The third-order valence-corrected chi connectivity index (χ3v) is 3.07. The van der Waals surface area contributed by atoms with Gasteiger partial charge in [-0.1, -0.05) is 15.9 Å². The van der Waals surface area contributed by atoms with E-state index in [1.54, 1.807) is 6.07 Å². The Kier molecular flexibility index (Phi) is 3.71. The average Bonchev–Trinajstić information content (AvgIpc) is 2.34. The molecule has 0 aliphatic heterocycles. The predicted molar refractivity (Wildman–Crippen MR) is 77.1 cm³/mol. The minimum atomic E-state index is -0.433. The van der Waals surface area contributed by atoms with Crippen LogP contribution in [0.15, 0.2) is 35.1 Å². The van der Waals surface area contributed by atoms with Crippen molar-refractivity contribution in [2.24, 2.45) is 0 Å². The number of benzene rings is 1. The molecule has 6 heteroatoms. The Morgan fingerprint density at radius 2 is 2.21 bits per heavy atom. The number of carbonyl (C=O) groups is 1. The van der Waals surface area contributed by atoms with Crippen LogP contribution in [0.5, 0.6) is 5.75 Å². The van der Waals surface area contributed by atoms with Crippen LogP contribution in [0, 0.1) is 6.92 Å². The maximum absolute atomic E-state index is 12.1. The third kappa shape index (κ3) is 2.85. The zero-order valence-corrected chi connectivity index (χ0v) is 11.7. The molecule has 0 aliphatic carbocycles. The van der Waals surface area contributed by atoms with Gasteiger partial charge in [-0.15, -0.1) is 0 Å². The van der Waals surface area contributed by atoms with E-state index in [-0.39, 0.29) is 11.3 Å². The molecule has 5 nitrogen and oxygen atoms in total. The number of carbonyl (C=O) groups excluding carboxylic acids is 1. The minimum Gasteiger partial charge on any atom is -0.505 e. The normalized spacial score (nSPS) is 10.2. The van der Waals surface area contributed by atoms with Crippen molar-refractivity contribution < 1.29 is 9.90 Å². The van der Waals surface area contributed by atoms with Crippen molar-refractivity contribution >= 4 is 33.2 Å².